The van der Waals surface area contributed by atoms with Gasteiger partial charge in [-0.05, 0) is 31.9 Å². The highest BCUT2D eigenvalue weighted by molar-refractivity contribution is 5.76. The van der Waals surface area contributed by atoms with E-state index >= 15 is 0 Å². The van der Waals surface area contributed by atoms with Crippen LogP contribution in [-0.2, 0) is 0 Å². The zero-order valence-corrected chi connectivity index (χ0v) is 9.63. The predicted molar refractivity (Wildman–Crippen MR) is 85.2 cm³/mol. The second-order valence-corrected chi connectivity index (χ2v) is 3.26. The Morgan fingerprint density at radius 2 is 1.50 bits per heavy atom. The largest absolute Gasteiger partial charge is 0.508 e. The molecule has 0 saturated carbocycles. The average molecular weight is 242 g/mol. The molecule has 1 aromatic rings. The van der Waals surface area contributed by atoms with Crippen molar-refractivity contribution in [1.82, 2.24) is 0 Å². The van der Waals surface area contributed by atoms with Gasteiger partial charge >= 0.3 is 0 Å². The van der Waals surface area contributed by atoms with Crippen molar-refractivity contribution in [2.45, 2.75) is 34.6 Å². The Hall–Kier alpha value is -1.37. The number of hydrogen-bond acceptors (Lipinski definition) is 1. The Labute approximate surface area is 117 Å². The van der Waals surface area contributed by atoms with Gasteiger partial charge in [-0.2, -0.15) is 0 Å². The summed E-state index contributed by atoms with van der Waals surface area (Å²) in [5.41, 5.74) is 1.32. The van der Waals surface area contributed by atoms with Crippen LogP contribution in [0.4, 0.5) is 0 Å². The van der Waals surface area contributed by atoms with Crippen LogP contribution in [0.25, 0.3) is 0 Å². The van der Waals surface area contributed by atoms with Gasteiger partial charge in [-0.15, -0.1) is 0 Å². The Bertz CT molecular complexity index is 319. The molecular weight excluding hydrogens is 218 g/mol. The van der Waals surface area contributed by atoms with Gasteiger partial charge < -0.3 is 5.11 Å². The summed E-state index contributed by atoms with van der Waals surface area (Å²) in [6.45, 7) is 2.08. The van der Waals surface area contributed by atoms with Crippen LogP contribution in [0.3, 0.4) is 0 Å². The first kappa shape index (κ1) is 25.5. The summed E-state index contributed by atoms with van der Waals surface area (Å²) in [6.07, 6.45) is 7.57. The van der Waals surface area contributed by atoms with E-state index in [-0.39, 0.29) is 31.7 Å². The van der Waals surface area contributed by atoms with Crippen molar-refractivity contribution < 1.29 is 5.11 Å². The molecule has 1 aliphatic carbocycles. The molecule has 1 aliphatic rings. The van der Waals surface area contributed by atoms with Crippen LogP contribution in [0, 0.1) is 6.92 Å². The summed E-state index contributed by atoms with van der Waals surface area (Å²) in [5.74, 6) is 0.409. The minimum absolute atomic E-state index is 0. The van der Waals surface area contributed by atoms with Gasteiger partial charge in [0.2, 0.25) is 0 Å². The highest BCUT2D eigenvalue weighted by Crippen LogP contribution is 2.04. The average Bonchev–Trinajstić information content (AvgIpc) is 2.21. The SMILES string of the molecule is C.C.Cc1ccccc1.OC1=CCCC=C1.[B].[B]. The van der Waals surface area contributed by atoms with Crippen molar-refractivity contribution >= 4 is 16.8 Å². The number of benzene rings is 1. The molecule has 0 amide bonds. The molecule has 18 heavy (non-hydrogen) atoms. The lowest BCUT2D eigenvalue weighted by Crippen LogP contribution is -1.79. The van der Waals surface area contributed by atoms with Crippen LogP contribution in [0.1, 0.15) is 33.3 Å². The molecule has 0 fully saturated rings. The Balaban J connectivity index is -0.0000000891. The second-order valence-electron chi connectivity index (χ2n) is 3.26. The fraction of sp³-hybridized carbons (Fsp3) is 0.333. The number of hydrogen-bond donors (Lipinski definition) is 1. The molecule has 0 bridgehead atoms. The first-order valence-corrected chi connectivity index (χ1v) is 4.86. The number of aryl methyl sites for hydroxylation is 1. The fourth-order valence-electron chi connectivity index (χ4n) is 1.13. The van der Waals surface area contributed by atoms with E-state index in [0.29, 0.717) is 5.76 Å². The molecule has 6 radical (unpaired) electrons. The molecular formula is C15H24B2O. The first-order chi connectivity index (χ1) is 6.79. The lowest BCUT2D eigenvalue weighted by Gasteiger charge is -1.95. The van der Waals surface area contributed by atoms with Crippen LogP contribution >= 0.6 is 0 Å². The van der Waals surface area contributed by atoms with Crippen molar-refractivity contribution in [2.24, 2.45) is 0 Å². The third-order valence-corrected chi connectivity index (χ3v) is 1.92. The summed E-state index contributed by atoms with van der Waals surface area (Å²) in [7, 11) is 0. The maximum absolute atomic E-state index is 8.68. The topological polar surface area (TPSA) is 20.2 Å². The van der Waals surface area contributed by atoms with E-state index < -0.39 is 0 Å². The molecule has 1 nitrogen and oxygen atoms in total. The van der Waals surface area contributed by atoms with Gasteiger partial charge in [0.15, 0.2) is 0 Å². The van der Waals surface area contributed by atoms with Gasteiger partial charge in [-0.3, -0.25) is 0 Å². The summed E-state index contributed by atoms with van der Waals surface area (Å²) in [5, 5.41) is 8.68. The van der Waals surface area contributed by atoms with E-state index in [0.717, 1.165) is 12.8 Å². The molecule has 0 saturated heterocycles. The van der Waals surface area contributed by atoms with Gasteiger partial charge in [0.05, 0.1) is 0 Å². The van der Waals surface area contributed by atoms with Crippen LogP contribution in [0.15, 0.2) is 54.3 Å². The highest BCUT2D eigenvalue weighted by atomic mass is 16.3. The van der Waals surface area contributed by atoms with E-state index in [1.54, 1.807) is 6.08 Å². The first-order valence-electron chi connectivity index (χ1n) is 4.86. The summed E-state index contributed by atoms with van der Waals surface area (Å²) in [6, 6.07) is 10.3. The van der Waals surface area contributed by atoms with E-state index in [1.165, 1.54) is 5.56 Å². The molecule has 0 atom stereocenters. The van der Waals surface area contributed by atoms with Crippen LogP contribution in [0.2, 0.25) is 0 Å². The zero-order valence-electron chi connectivity index (χ0n) is 9.63. The molecule has 96 valence electrons. The van der Waals surface area contributed by atoms with E-state index in [1.807, 2.05) is 30.4 Å². The monoisotopic (exact) mass is 242 g/mol. The molecule has 0 spiro atoms. The predicted octanol–water partition coefficient (Wildman–Crippen LogP) is 4.28. The van der Waals surface area contributed by atoms with Crippen molar-refractivity contribution in [1.29, 1.82) is 0 Å². The van der Waals surface area contributed by atoms with Gasteiger partial charge in [0, 0.05) is 16.8 Å². The third-order valence-electron chi connectivity index (χ3n) is 1.92. The second kappa shape index (κ2) is 15.6. The minimum atomic E-state index is 0. The Kier molecular flexibility index (Phi) is 22.1. The Morgan fingerprint density at radius 1 is 0.944 bits per heavy atom. The molecule has 0 heterocycles. The van der Waals surface area contributed by atoms with E-state index in [9.17, 15) is 0 Å². The number of allylic oxidation sites excluding steroid dienone is 3. The van der Waals surface area contributed by atoms with E-state index in [4.69, 9.17) is 5.11 Å². The molecule has 1 N–H and O–H groups in total. The van der Waals surface area contributed by atoms with Crippen LogP contribution in [-0.4, -0.2) is 21.9 Å². The number of rotatable bonds is 0. The van der Waals surface area contributed by atoms with Crippen molar-refractivity contribution in [3.8, 4) is 0 Å². The minimum Gasteiger partial charge on any atom is -0.508 e. The number of aliphatic hydroxyl groups is 1. The lowest BCUT2D eigenvalue weighted by molar-refractivity contribution is 0.427. The quantitative estimate of drug-likeness (QED) is 0.673. The molecule has 1 aromatic carbocycles. The standard InChI is InChI=1S/C7H8.C6H8O.2CH4.2B/c1-7-5-3-2-4-6-7;7-6-4-2-1-3-5-6;;;;/h2-6H,1H3;2,4-5,7H,1,3H2;2*1H4;;. The zero-order chi connectivity index (χ0) is 10.2. The molecule has 0 aromatic heterocycles. The lowest BCUT2D eigenvalue weighted by atomic mass is 10.2. The van der Waals surface area contributed by atoms with Gasteiger partial charge in [0.25, 0.3) is 0 Å². The fourth-order valence-corrected chi connectivity index (χ4v) is 1.13. The summed E-state index contributed by atoms with van der Waals surface area (Å²) >= 11 is 0. The van der Waals surface area contributed by atoms with Crippen LogP contribution in [0.5, 0.6) is 0 Å². The number of aliphatic hydroxyl groups excluding tert-OH is 1. The summed E-state index contributed by atoms with van der Waals surface area (Å²) < 4.78 is 0. The normalized spacial score (nSPS) is 10.8. The van der Waals surface area contributed by atoms with Gasteiger partial charge in [-0.25, -0.2) is 0 Å². The highest BCUT2D eigenvalue weighted by Gasteiger charge is 1.88. The van der Waals surface area contributed by atoms with Crippen molar-refractivity contribution in [3.63, 3.8) is 0 Å². The molecule has 0 unspecified atom stereocenters. The van der Waals surface area contributed by atoms with Gasteiger partial charge in [0.1, 0.15) is 5.76 Å². The maximum Gasteiger partial charge on any atom is 0.111 e. The van der Waals surface area contributed by atoms with Crippen molar-refractivity contribution in [2.75, 3.05) is 0 Å². The molecule has 3 heteroatoms. The third kappa shape index (κ3) is 12.7. The molecule has 2 rings (SSSR count). The van der Waals surface area contributed by atoms with Crippen LogP contribution < -0.4 is 0 Å². The maximum atomic E-state index is 8.68. The van der Waals surface area contributed by atoms with E-state index in [2.05, 4.69) is 19.1 Å². The van der Waals surface area contributed by atoms with Crippen molar-refractivity contribution in [3.05, 3.63) is 59.9 Å². The van der Waals surface area contributed by atoms with Gasteiger partial charge in [-0.1, -0.05) is 56.8 Å². The smallest absolute Gasteiger partial charge is 0.111 e. The summed E-state index contributed by atoms with van der Waals surface area (Å²) in [4.78, 5) is 0. The molecule has 0 aliphatic heterocycles. The Morgan fingerprint density at radius 3 is 1.72 bits per heavy atom.